The van der Waals surface area contributed by atoms with Crippen molar-refractivity contribution in [3.8, 4) is 11.1 Å². The van der Waals surface area contributed by atoms with E-state index < -0.39 is 47.1 Å². The van der Waals surface area contributed by atoms with Crippen molar-refractivity contribution < 1.29 is 40.2 Å². The lowest BCUT2D eigenvalue weighted by Gasteiger charge is -2.47. The number of halogens is 8. The van der Waals surface area contributed by atoms with Gasteiger partial charge >= 0.3 is 12.4 Å². The lowest BCUT2D eigenvalue weighted by atomic mass is 9.59. The molecule has 1 N–H and O–H groups in total. The summed E-state index contributed by atoms with van der Waals surface area (Å²) in [5.74, 6) is -0.852. The molecule has 3 aliphatic rings. The van der Waals surface area contributed by atoms with Gasteiger partial charge in [0.2, 0.25) is 0 Å². The molecular weight excluding hydrogens is 566 g/mol. The normalized spacial score (nSPS) is 21.3. The van der Waals surface area contributed by atoms with Crippen LogP contribution < -0.4 is 0 Å². The molecule has 224 valence electrons. The van der Waals surface area contributed by atoms with E-state index >= 15 is 4.39 Å². The molecule has 0 amide bonds. The van der Waals surface area contributed by atoms with Gasteiger partial charge in [0.15, 0.2) is 6.17 Å². The lowest BCUT2D eigenvalue weighted by molar-refractivity contribution is -0.143. The third-order valence-electron chi connectivity index (χ3n) is 9.38. The minimum Gasteiger partial charge on any atom is -0.388 e. The third-order valence-corrected chi connectivity index (χ3v) is 9.38. The van der Waals surface area contributed by atoms with Crippen LogP contribution >= 0.6 is 0 Å². The standard InChI is InChI=1S/C32H29F8NO/c33-20-9-6-17(7-10-20)25-26-23(15-30(12-3-13-30)16-24(26)42)41-29(18-4-1-2-5-18)27(25)28(34)21-11-8-19(31(35,36)37)14-22(21)32(38,39)40/h6-11,14,18,24,28,42H,1-5,12-13,15-16H2. The van der Waals surface area contributed by atoms with Gasteiger partial charge in [0, 0.05) is 28.3 Å². The van der Waals surface area contributed by atoms with Gasteiger partial charge in [-0.15, -0.1) is 0 Å². The maximum atomic E-state index is 17.0. The number of hydrogen-bond acceptors (Lipinski definition) is 2. The van der Waals surface area contributed by atoms with Crippen molar-refractivity contribution in [3.05, 3.63) is 87.5 Å². The highest BCUT2D eigenvalue weighted by molar-refractivity contribution is 5.75. The summed E-state index contributed by atoms with van der Waals surface area (Å²) in [6, 6.07) is 6.00. The number of alkyl halides is 7. The highest BCUT2D eigenvalue weighted by atomic mass is 19.4. The maximum absolute atomic E-state index is 17.0. The quantitative estimate of drug-likeness (QED) is 0.305. The molecule has 2 saturated carbocycles. The molecule has 2 atom stereocenters. The van der Waals surface area contributed by atoms with E-state index in [1.807, 2.05) is 0 Å². The van der Waals surface area contributed by atoms with E-state index in [2.05, 4.69) is 0 Å². The van der Waals surface area contributed by atoms with E-state index in [0.29, 0.717) is 54.6 Å². The second-order valence-corrected chi connectivity index (χ2v) is 12.0. The fourth-order valence-electron chi connectivity index (χ4n) is 7.22. The Bertz CT molecular complexity index is 1480. The van der Waals surface area contributed by atoms with Crippen molar-refractivity contribution >= 4 is 0 Å². The van der Waals surface area contributed by atoms with E-state index in [4.69, 9.17) is 4.98 Å². The Morgan fingerprint density at radius 3 is 2.12 bits per heavy atom. The summed E-state index contributed by atoms with van der Waals surface area (Å²) in [5.41, 5.74) is -2.96. The first-order chi connectivity index (χ1) is 19.8. The molecule has 3 aromatic rings. The van der Waals surface area contributed by atoms with Crippen molar-refractivity contribution in [2.24, 2.45) is 5.41 Å². The number of pyridine rings is 1. The first-order valence-corrected chi connectivity index (χ1v) is 14.2. The molecule has 1 aromatic heterocycles. The van der Waals surface area contributed by atoms with Crippen molar-refractivity contribution in [2.75, 3.05) is 0 Å². The number of rotatable bonds is 4. The zero-order valence-electron chi connectivity index (χ0n) is 22.6. The Morgan fingerprint density at radius 2 is 1.55 bits per heavy atom. The molecule has 2 aromatic carbocycles. The number of aromatic nitrogens is 1. The average Bonchev–Trinajstić information content (AvgIpc) is 3.45. The van der Waals surface area contributed by atoms with Crippen LogP contribution in [0.15, 0.2) is 42.5 Å². The first-order valence-electron chi connectivity index (χ1n) is 14.2. The summed E-state index contributed by atoms with van der Waals surface area (Å²) < 4.78 is 114. The van der Waals surface area contributed by atoms with Gasteiger partial charge in [-0.2, -0.15) is 26.3 Å². The van der Waals surface area contributed by atoms with E-state index in [-0.39, 0.29) is 34.2 Å². The highest BCUT2D eigenvalue weighted by Gasteiger charge is 2.47. The number of aliphatic hydroxyl groups excluding tert-OH is 1. The number of nitrogens with zero attached hydrogens (tertiary/aromatic N) is 1. The highest BCUT2D eigenvalue weighted by Crippen LogP contribution is 2.57. The zero-order valence-corrected chi connectivity index (χ0v) is 22.6. The van der Waals surface area contributed by atoms with E-state index in [1.54, 1.807) is 0 Å². The summed E-state index contributed by atoms with van der Waals surface area (Å²) in [5, 5.41) is 11.5. The van der Waals surface area contributed by atoms with Crippen LogP contribution in [-0.4, -0.2) is 10.1 Å². The van der Waals surface area contributed by atoms with Crippen LogP contribution in [0.25, 0.3) is 11.1 Å². The molecule has 0 bridgehead atoms. The maximum Gasteiger partial charge on any atom is 0.416 e. The van der Waals surface area contributed by atoms with Gasteiger partial charge in [0.05, 0.1) is 22.9 Å². The summed E-state index contributed by atoms with van der Waals surface area (Å²) in [4.78, 5) is 4.89. The monoisotopic (exact) mass is 595 g/mol. The van der Waals surface area contributed by atoms with Gasteiger partial charge in [-0.25, -0.2) is 8.78 Å². The summed E-state index contributed by atoms with van der Waals surface area (Å²) >= 11 is 0. The van der Waals surface area contributed by atoms with Crippen LogP contribution in [0.2, 0.25) is 0 Å². The van der Waals surface area contributed by atoms with E-state index in [9.17, 15) is 35.8 Å². The lowest BCUT2D eigenvalue weighted by Crippen LogP contribution is -2.38. The molecular formula is C32H29F8NO. The molecule has 1 heterocycles. The zero-order chi connectivity index (χ0) is 30.0. The number of fused-ring (bicyclic) bond motifs is 1. The minimum atomic E-state index is -5.28. The van der Waals surface area contributed by atoms with Crippen LogP contribution in [0.4, 0.5) is 35.1 Å². The molecule has 0 radical (unpaired) electrons. The SMILES string of the molecule is OC1CC2(CCC2)Cc2nc(C3CCCC3)c(C(F)c3ccc(C(F)(F)F)cc3C(F)(F)F)c(-c3ccc(F)cc3)c21. The Balaban J connectivity index is 1.64. The number of aliphatic hydroxyl groups is 1. The smallest absolute Gasteiger partial charge is 0.388 e. The molecule has 1 spiro atoms. The third kappa shape index (κ3) is 5.09. The number of benzene rings is 2. The van der Waals surface area contributed by atoms with Gasteiger partial charge in [0.1, 0.15) is 5.82 Å². The van der Waals surface area contributed by atoms with Crippen molar-refractivity contribution in [2.45, 2.75) is 88.3 Å². The predicted molar refractivity (Wildman–Crippen MR) is 140 cm³/mol. The Labute approximate surface area is 237 Å². The number of hydrogen-bond donors (Lipinski definition) is 1. The van der Waals surface area contributed by atoms with Gasteiger partial charge < -0.3 is 5.11 Å². The largest absolute Gasteiger partial charge is 0.416 e. The molecule has 0 aliphatic heterocycles. The molecule has 2 unspecified atom stereocenters. The molecule has 0 saturated heterocycles. The summed E-state index contributed by atoms with van der Waals surface area (Å²) in [6.07, 6.45) is -7.36. The van der Waals surface area contributed by atoms with Crippen LogP contribution in [-0.2, 0) is 18.8 Å². The van der Waals surface area contributed by atoms with Crippen molar-refractivity contribution in [3.63, 3.8) is 0 Å². The molecule has 6 rings (SSSR count). The van der Waals surface area contributed by atoms with Gasteiger partial charge in [-0.05, 0) is 79.3 Å². The predicted octanol–water partition coefficient (Wildman–Crippen LogP) is 9.79. The van der Waals surface area contributed by atoms with Crippen molar-refractivity contribution in [1.29, 1.82) is 0 Å². The minimum absolute atomic E-state index is 0.0598. The van der Waals surface area contributed by atoms with Gasteiger partial charge in [-0.3, -0.25) is 4.98 Å². The molecule has 42 heavy (non-hydrogen) atoms. The van der Waals surface area contributed by atoms with Crippen LogP contribution in [0.3, 0.4) is 0 Å². The Kier molecular flexibility index (Phi) is 7.14. The summed E-state index contributed by atoms with van der Waals surface area (Å²) in [6.45, 7) is 0. The molecule has 2 nitrogen and oxygen atoms in total. The fourth-order valence-corrected chi connectivity index (χ4v) is 7.22. The van der Waals surface area contributed by atoms with Crippen LogP contribution in [0.1, 0.15) is 109 Å². The second-order valence-electron chi connectivity index (χ2n) is 12.0. The first kappa shape index (κ1) is 29.1. The molecule has 2 fully saturated rings. The van der Waals surface area contributed by atoms with Crippen molar-refractivity contribution in [1.82, 2.24) is 4.98 Å². The van der Waals surface area contributed by atoms with Gasteiger partial charge in [0.25, 0.3) is 0 Å². The average molecular weight is 596 g/mol. The Hall–Kier alpha value is -3.01. The second kappa shape index (κ2) is 10.3. The van der Waals surface area contributed by atoms with E-state index in [1.165, 1.54) is 12.1 Å². The fraction of sp³-hybridized carbons (Fsp3) is 0.469. The summed E-state index contributed by atoms with van der Waals surface area (Å²) in [7, 11) is 0. The van der Waals surface area contributed by atoms with Gasteiger partial charge in [-0.1, -0.05) is 37.5 Å². The molecule has 3 aliphatic carbocycles. The van der Waals surface area contributed by atoms with Crippen LogP contribution in [0.5, 0.6) is 0 Å². The Morgan fingerprint density at radius 1 is 0.881 bits per heavy atom. The topological polar surface area (TPSA) is 33.1 Å². The van der Waals surface area contributed by atoms with E-state index in [0.717, 1.165) is 44.2 Å². The molecule has 10 heteroatoms. The van der Waals surface area contributed by atoms with Crippen LogP contribution in [0, 0.1) is 11.2 Å².